The second-order valence-corrected chi connectivity index (χ2v) is 9.93. The number of carbonyl (C=O) groups excluding carboxylic acids is 2. The van der Waals surface area contributed by atoms with E-state index in [-0.39, 0.29) is 11.8 Å². The van der Waals surface area contributed by atoms with Crippen LogP contribution < -0.4 is 10.6 Å². The number of hydrogen-bond donors (Lipinski definition) is 2. The van der Waals surface area contributed by atoms with Gasteiger partial charge in [-0.3, -0.25) is 19.4 Å². The highest BCUT2D eigenvalue weighted by molar-refractivity contribution is 6.02. The molecule has 0 unspecified atom stereocenters. The van der Waals surface area contributed by atoms with Gasteiger partial charge in [-0.2, -0.15) is 0 Å². The van der Waals surface area contributed by atoms with Gasteiger partial charge in [0.25, 0.3) is 5.91 Å². The largest absolute Gasteiger partial charge is 0.349 e. The number of nitrogens with zero attached hydrogens (tertiary/aromatic N) is 2. The molecule has 5 rings (SSSR count). The van der Waals surface area contributed by atoms with Crippen molar-refractivity contribution in [1.29, 1.82) is 0 Å². The minimum atomic E-state index is -0.183. The molecule has 3 aromatic carbocycles. The predicted molar refractivity (Wildman–Crippen MR) is 148 cm³/mol. The van der Waals surface area contributed by atoms with Crippen LogP contribution in [-0.2, 0) is 17.9 Å². The SMILES string of the molecule is O=C(/C=C/c1ccc(C(=O)NC2CC2)cc1)Nc1ccc(CN2CCN(Cc3ccccc3)CC2)cc1. The minimum absolute atomic E-state index is 0.0375. The molecular formula is C31H34N4O2. The van der Waals surface area contributed by atoms with Crippen LogP contribution in [0.4, 0.5) is 5.69 Å². The van der Waals surface area contributed by atoms with Gasteiger partial charge >= 0.3 is 0 Å². The first-order valence-corrected chi connectivity index (χ1v) is 13.1. The standard InChI is InChI=1S/C31H34N4O2/c36-30(17-10-24-6-11-27(12-7-24)31(37)33-29-15-16-29)32-28-13-8-26(9-14-28)23-35-20-18-34(19-21-35)22-25-4-2-1-3-5-25/h1-14,17,29H,15-16,18-23H2,(H,32,36)(H,33,37)/b17-10+. The lowest BCUT2D eigenvalue weighted by Gasteiger charge is -2.34. The van der Waals surface area contributed by atoms with Crippen molar-refractivity contribution >= 4 is 23.6 Å². The number of carbonyl (C=O) groups is 2. The summed E-state index contributed by atoms with van der Waals surface area (Å²) >= 11 is 0. The smallest absolute Gasteiger partial charge is 0.251 e. The van der Waals surface area contributed by atoms with Crippen molar-refractivity contribution < 1.29 is 9.59 Å². The average molecular weight is 495 g/mol. The molecule has 3 aromatic rings. The molecule has 0 aromatic heterocycles. The van der Waals surface area contributed by atoms with Crippen LogP contribution in [0.2, 0.25) is 0 Å². The van der Waals surface area contributed by atoms with E-state index in [9.17, 15) is 9.59 Å². The molecule has 0 spiro atoms. The molecule has 0 radical (unpaired) electrons. The lowest BCUT2D eigenvalue weighted by atomic mass is 10.1. The summed E-state index contributed by atoms with van der Waals surface area (Å²) in [6.45, 7) is 6.20. The fourth-order valence-corrected chi connectivity index (χ4v) is 4.50. The summed E-state index contributed by atoms with van der Waals surface area (Å²) in [6.07, 6.45) is 5.40. The van der Waals surface area contributed by atoms with Gasteiger partial charge in [-0.15, -0.1) is 0 Å². The van der Waals surface area contributed by atoms with E-state index in [0.717, 1.165) is 63.4 Å². The third-order valence-corrected chi connectivity index (χ3v) is 6.85. The van der Waals surface area contributed by atoms with Crippen molar-refractivity contribution in [2.45, 2.75) is 32.0 Å². The summed E-state index contributed by atoms with van der Waals surface area (Å²) in [6, 6.07) is 26.4. The van der Waals surface area contributed by atoms with Gasteiger partial charge in [0.1, 0.15) is 0 Å². The molecule has 1 saturated carbocycles. The normalized spacial score (nSPS) is 16.5. The summed E-state index contributed by atoms with van der Waals surface area (Å²) in [5.74, 6) is -0.220. The Labute approximate surface area is 219 Å². The Morgan fingerprint density at radius 3 is 1.95 bits per heavy atom. The molecule has 0 bridgehead atoms. The van der Waals surface area contributed by atoms with Crippen molar-refractivity contribution in [2.24, 2.45) is 0 Å². The summed E-state index contributed by atoms with van der Waals surface area (Å²) in [5.41, 5.74) is 4.91. The molecule has 6 heteroatoms. The molecule has 2 amide bonds. The molecule has 1 aliphatic carbocycles. The lowest BCUT2D eigenvalue weighted by Crippen LogP contribution is -2.45. The Morgan fingerprint density at radius 2 is 1.35 bits per heavy atom. The Bertz CT molecular complexity index is 1210. The molecule has 2 fully saturated rings. The molecule has 1 aliphatic heterocycles. The van der Waals surface area contributed by atoms with Gasteiger partial charge in [0, 0.05) is 62.6 Å². The van der Waals surface area contributed by atoms with Crippen molar-refractivity contribution in [1.82, 2.24) is 15.1 Å². The van der Waals surface area contributed by atoms with Crippen molar-refractivity contribution in [3.8, 4) is 0 Å². The second kappa shape index (κ2) is 12.0. The number of hydrogen-bond acceptors (Lipinski definition) is 4. The average Bonchev–Trinajstić information content (AvgIpc) is 3.75. The maximum atomic E-state index is 12.4. The Balaban J connectivity index is 1.05. The van der Waals surface area contributed by atoms with Gasteiger partial charge in [-0.05, 0) is 59.9 Å². The molecule has 2 N–H and O–H groups in total. The van der Waals surface area contributed by atoms with E-state index in [1.807, 2.05) is 24.3 Å². The number of rotatable bonds is 9. The fraction of sp³-hybridized carbons (Fsp3) is 0.290. The molecule has 37 heavy (non-hydrogen) atoms. The molecule has 2 aliphatic rings. The third kappa shape index (κ3) is 7.62. The zero-order valence-corrected chi connectivity index (χ0v) is 21.1. The predicted octanol–water partition coefficient (Wildman–Crippen LogP) is 4.55. The van der Waals surface area contributed by atoms with E-state index >= 15 is 0 Å². The Hall–Kier alpha value is -3.74. The van der Waals surface area contributed by atoms with Crippen LogP contribution in [-0.4, -0.2) is 53.8 Å². The Kier molecular flexibility index (Phi) is 8.08. The number of nitrogens with one attached hydrogen (secondary N) is 2. The molecule has 1 saturated heterocycles. The van der Waals surface area contributed by atoms with Crippen molar-refractivity contribution in [3.63, 3.8) is 0 Å². The zero-order valence-electron chi connectivity index (χ0n) is 21.1. The molecule has 0 atom stereocenters. The first kappa shape index (κ1) is 24.9. The summed E-state index contributed by atoms with van der Waals surface area (Å²) in [7, 11) is 0. The summed E-state index contributed by atoms with van der Waals surface area (Å²) in [4.78, 5) is 29.5. The van der Waals surface area contributed by atoms with Crippen LogP contribution in [0.1, 0.15) is 39.9 Å². The van der Waals surface area contributed by atoms with E-state index in [4.69, 9.17) is 0 Å². The lowest BCUT2D eigenvalue weighted by molar-refractivity contribution is -0.111. The van der Waals surface area contributed by atoms with Crippen LogP contribution in [0.25, 0.3) is 6.08 Å². The maximum absolute atomic E-state index is 12.4. The van der Waals surface area contributed by atoms with Gasteiger partial charge in [0.2, 0.25) is 5.91 Å². The first-order valence-electron chi connectivity index (χ1n) is 13.1. The highest BCUT2D eigenvalue weighted by atomic mass is 16.2. The van der Waals surface area contributed by atoms with Crippen LogP contribution in [0.5, 0.6) is 0 Å². The number of benzene rings is 3. The molecule has 190 valence electrons. The van der Waals surface area contributed by atoms with Crippen molar-refractivity contribution in [2.75, 3.05) is 31.5 Å². The van der Waals surface area contributed by atoms with Gasteiger partial charge < -0.3 is 10.6 Å². The topological polar surface area (TPSA) is 64.7 Å². The highest BCUT2D eigenvalue weighted by Crippen LogP contribution is 2.19. The van der Waals surface area contributed by atoms with Crippen LogP contribution in [0, 0.1) is 0 Å². The fourth-order valence-electron chi connectivity index (χ4n) is 4.50. The Morgan fingerprint density at radius 1 is 0.757 bits per heavy atom. The molecular weight excluding hydrogens is 460 g/mol. The quantitative estimate of drug-likeness (QED) is 0.429. The van der Waals surface area contributed by atoms with Gasteiger partial charge in [-0.25, -0.2) is 0 Å². The monoisotopic (exact) mass is 494 g/mol. The van der Waals surface area contributed by atoms with E-state index < -0.39 is 0 Å². The number of piperazine rings is 1. The van der Waals surface area contributed by atoms with E-state index in [2.05, 4.69) is 62.9 Å². The van der Waals surface area contributed by atoms with E-state index in [0.29, 0.717) is 11.6 Å². The van der Waals surface area contributed by atoms with Crippen LogP contribution in [0.3, 0.4) is 0 Å². The van der Waals surface area contributed by atoms with E-state index in [1.165, 1.54) is 17.2 Å². The van der Waals surface area contributed by atoms with Gasteiger partial charge in [0.15, 0.2) is 0 Å². The third-order valence-electron chi connectivity index (χ3n) is 6.85. The van der Waals surface area contributed by atoms with Crippen LogP contribution >= 0.6 is 0 Å². The van der Waals surface area contributed by atoms with Gasteiger partial charge in [-0.1, -0.05) is 54.6 Å². The summed E-state index contributed by atoms with van der Waals surface area (Å²) in [5, 5.41) is 5.90. The number of anilines is 1. The zero-order chi connectivity index (χ0) is 25.5. The van der Waals surface area contributed by atoms with Crippen molar-refractivity contribution in [3.05, 3.63) is 107 Å². The summed E-state index contributed by atoms with van der Waals surface area (Å²) < 4.78 is 0. The highest BCUT2D eigenvalue weighted by Gasteiger charge is 2.23. The maximum Gasteiger partial charge on any atom is 0.251 e. The van der Waals surface area contributed by atoms with E-state index in [1.54, 1.807) is 18.2 Å². The molecule has 1 heterocycles. The minimum Gasteiger partial charge on any atom is -0.349 e. The van der Waals surface area contributed by atoms with Gasteiger partial charge in [0.05, 0.1) is 0 Å². The van der Waals surface area contributed by atoms with Crippen LogP contribution in [0.15, 0.2) is 84.9 Å². The second-order valence-electron chi connectivity index (χ2n) is 9.93. The number of amides is 2. The first-order chi connectivity index (χ1) is 18.1. The molecule has 6 nitrogen and oxygen atoms in total.